The van der Waals surface area contributed by atoms with E-state index < -0.39 is 12.0 Å². The van der Waals surface area contributed by atoms with Crippen molar-refractivity contribution in [1.82, 2.24) is 10.6 Å². The maximum Gasteiger partial charge on any atom is 0.317 e. The first-order chi connectivity index (χ1) is 11.4. The summed E-state index contributed by atoms with van der Waals surface area (Å²) in [4.78, 5) is 12.4. The molecule has 1 heterocycles. The lowest BCUT2D eigenvalue weighted by Gasteiger charge is -2.35. The van der Waals surface area contributed by atoms with Gasteiger partial charge in [0, 0.05) is 10.2 Å². The molecule has 1 fully saturated rings. The summed E-state index contributed by atoms with van der Waals surface area (Å²) in [5.41, 5.74) is 1.28. The quantitative estimate of drug-likeness (QED) is 0.566. The van der Waals surface area contributed by atoms with Crippen molar-refractivity contribution < 1.29 is 19.0 Å². The number of benzene rings is 1. The molecule has 24 heavy (non-hydrogen) atoms. The van der Waals surface area contributed by atoms with Crippen LogP contribution in [0.15, 0.2) is 28.9 Å². The Kier molecular flexibility index (Phi) is 6.06. The van der Waals surface area contributed by atoms with Crippen LogP contribution >= 0.6 is 28.1 Å². The molecule has 2 atom stereocenters. The van der Waals surface area contributed by atoms with Crippen LogP contribution in [0.25, 0.3) is 0 Å². The second kappa shape index (κ2) is 7.85. The van der Waals surface area contributed by atoms with E-state index in [4.69, 9.17) is 26.4 Å². The van der Waals surface area contributed by atoms with Crippen molar-refractivity contribution in [2.75, 3.05) is 20.8 Å². The van der Waals surface area contributed by atoms with Gasteiger partial charge in [0.15, 0.2) is 16.6 Å². The molecule has 8 heteroatoms. The summed E-state index contributed by atoms with van der Waals surface area (Å²) in [5, 5.41) is 6.40. The van der Waals surface area contributed by atoms with Crippen molar-refractivity contribution in [2.24, 2.45) is 5.92 Å². The lowest BCUT2D eigenvalue weighted by molar-refractivity contribution is -0.147. The number of hydrogen-bond acceptors (Lipinski definition) is 5. The summed E-state index contributed by atoms with van der Waals surface area (Å²) < 4.78 is 16.6. The first-order valence-electron chi connectivity index (χ1n) is 7.27. The van der Waals surface area contributed by atoms with Gasteiger partial charge >= 0.3 is 5.97 Å². The number of hydrogen-bond donors (Lipinski definition) is 2. The van der Waals surface area contributed by atoms with Crippen molar-refractivity contribution in [3.05, 3.63) is 34.4 Å². The molecular formula is C16H19BrN2O4S. The summed E-state index contributed by atoms with van der Waals surface area (Å²) >= 11 is 8.73. The molecule has 0 saturated carbocycles. The molecule has 1 saturated heterocycles. The van der Waals surface area contributed by atoms with Crippen LogP contribution in [0.4, 0.5) is 0 Å². The molecule has 6 nitrogen and oxygen atoms in total. The average Bonchev–Trinajstić information content (AvgIpc) is 2.53. The van der Waals surface area contributed by atoms with Crippen LogP contribution < -0.4 is 20.1 Å². The maximum absolute atomic E-state index is 12.4. The van der Waals surface area contributed by atoms with Crippen molar-refractivity contribution in [1.29, 1.82) is 0 Å². The van der Waals surface area contributed by atoms with Crippen LogP contribution in [0.2, 0.25) is 0 Å². The maximum atomic E-state index is 12.4. The second-order valence-corrected chi connectivity index (χ2v) is 6.32. The number of thiocarbonyl (C=S) groups is 1. The predicted octanol–water partition coefficient (Wildman–Crippen LogP) is 2.68. The molecule has 0 bridgehead atoms. The normalized spacial score (nSPS) is 20.0. The van der Waals surface area contributed by atoms with E-state index in [1.165, 1.54) is 0 Å². The Bertz CT molecular complexity index is 680. The molecule has 0 radical (unpaired) electrons. The fourth-order valence-corrected chi connectivity index (χ4v) is 3.39. The van der Waals surface area contributed by atoms with Gasteiger partial charge in [-0.05, 0) is 36.8 Å². The van der Waals surface area contributed by atoms with E-state index >= 15 is 0 Å². The third kappa shape index (κ3) is 3.64. The second-order valence-electron chi connectivity index (χ2n) is 5.06. The van der Waals surface area contributed by atoms with Gasteiger partial charge in [0.1, 0.15) is 5.92 Å². The molecule has 0 amide bonds. The number of methoxy groups -OCH3 is 2. The van der Waals surface area contributed by atoms with Gasteiger partial charge in [-0.1, -0.05) is 22.5 Å². The first-order valence-corrected chi connectivity index (χ1v) is 8.47. The van der Waals surface area contributed by atoms with E-state index in [2.05, 4.69) is 33.1 Å². The number of rotatable bonds is 5. The molecule has 2 rings (SSSR count). The van der Waals surface area contributed by atoms with Crippen LogP contribution in [-0.2, 0) is 9.53 Å². The van der Waals surface area contributed by atoms with Gasteiger partial charge in [0.05, 0.1) is 26.9 Å². The Morgan fingerprint density at radius 1 is 1.33 bits per heavy atom. The number of carbonyl (C=O) groups excluding carboxylic acids is 1. The van der Waals surface area contributed by atoms with Crippen molar-refractivity contribution in [3.63, 3.8) is 0 Å². The van der Waals surface area contributed by atoms with Gasteiger partial charge in [-0.2, -0.15) is 0 Å². The number of halogens is 1. The zero-order valence-corrected chi connectivity index (χ0v) is 16.0. The Morgan fingerprint density at radius 3 is 2.54 bits per heavy atom. The highest BCUT2D eigenvalue weighted by atomic mass is 79.9. The molecule has 1 aromatic rings. The zero-order valence-electron chi connectivity index (χ0n) is 13.6. The SMILES string of the molecule is C=C1NC(=S)NC(c2cc(OC)c(OC)cc2Br)C1C(=O)OCC. The predicted molar refractivity (Wildman–Crippen MR) is 98.1 cm³/mol. The standard InChI is InChI=1S/C16H19BrN2O4S/c1-5-23-15(20)13-8(2)18-16(24)19-14(13)9-6-11(21-3)12(22-4)7-10(9)17/h6-7,13-14H,2,5H2,1,3-4H3,(H2,18,19,24). The van der Waals surface area contributed by atoms with Crippen LogP contribution in [0.3, 0.4) is 0 Å². The molecule has 0 aliphatic carbocycles. The third-order valence-electron chi connectivity index (χ3n) is 3.65. The summed E-state index contributed by atoms with van der Waals surface area (Å²) in [6, 6.07) is 3.14. The summed E-state index contributed by atoms with van der Waals surface area (Å²) in [6.45, 7) is 5.97. The van der Waals surface area contributed by atoms with Crippen molar-refractivity contribution in [2.45, 2.75) is 13.0 Å². The lowest BCUT2D eigenvalue weighted by Crippen LogP contribution is -2.51. The molecule has 1 aliphatic heterocycles. The number of esters is 1. The topological polar surface area (TPSA) is 68.8 Å². The first kappa shape index (κ1) is 18.5. The molecule has 2 N–H and O–H groups in total. The average molecular weight is 415 g/mol. The van der Waals surface area contributed by atoms with Gasteiger partial charge in [-0.15, -0.1) is 0 Å². The van der Waals surface area contributed by atoms with Gasteiger partial charge in [-0.3, -0.25) is 4.79 Å². The minimum absolute atomic E-state index is 0.285. The minimum Gasteiger partial charge on any atom is -0.493 e. The molecule has 0 aromatic heterocycles. The fourth-order valence-electron chi connectivity index (χ4n) is 2.56. The van der Waals surface area contributed by atoms with Gasteiger partial charge in [0.2, 0.25) is 0 Å². The molecule has 130 valence electrons. The van der Waals surface area contributed by atoms with E-state index in [9.17, 15) is 4.79 Å². The molecule has 1 aromatic carbocycles. The van der Waals surface area contributed by atoms with E-state index in [-0.39, 0.29) is 12.6 Å². The van der Waals surface area contributed by atoms with Crippen LogP contribution in [0, 0.1) is 5.92 Å². The minimum atomic E-state index is -0.633. The van der Waals surface area contributed by atoms with Gasteiger partial charge in [0.25, 0.3) is 0 Å². The molecule has 2 unspecified atom stereocenters. The van der Waals surface area contributed by atoms with E-state index in [0.29, 0.717) is 22.3 Å². The van der Waals surface area contributed by atoms with Crippen molar-refractivity contribution >= 4 is 39.2 Å². The molecule has 0 spiro atoms. The van der Waals surface area contributed by atoms with Crippen LogP contribution in [0.5, 0.6) is 11.5 Å². The smallest absolute Gasteiger partial charge is 0.317 e. The van der Waals surface area contributed by atoms with Gasteiger partial charge in [-0.25, -0.2) is 0 Å². The Labute approximate surface area is 154 Å². The van der Waals surface area contributed by atoms with Crippen LogP contribution in [-0.4, -0.2) is 31.9 Å². The highest BCUT2D eigenvalue weighted by Gasteiger charge is 2.39. The highest BCUT2D eigenvalue weighted by Crippen LogP contribution is 2.40. The Morgan fingerprint density at radius 2 is 1.96 bits per heavy atom. The van der Waals surface area contributed by atoms with Gasteiger partial charge < -0.3 is 24.8 Å². The number of carbonyl (C=O) groups is 1. The molecule has 1 aliphatic rings. The number of nitrogens with one attached hydrogen (secondary N) is 2. The summed E-state index contributed by atoms with van der Waals surface area (Å²) in [6.07, 6.45) is 0. The summed E-state index contributed by atoms with van der Waals surface area (Å²) in [7, 11) is 3.11. The van der Waals surface area contributed by atoms with Crippen LogP contribution in [0.1, 0.15) is 18.5 Å². The Hall–Kier alpha value is -1.80. The lowest BCUT2D eigenvalue weighted by atomic mass is 9.89. The van der Waals surface area contributed by atoms with E-state index in [1.54, 1.807) is 33.3 Å². The monoisotopic (exact) mass is 414 g/mol. The largest absolute Gasteiger partial charge is 0.493 e. The highest BCUT2D eigenvalue weighted by molar-refractivity contribution is 9.10. The summed E-state index contributed by atoms with van der Waals surface area (Å²) in [5.74, 6) is 0.119. The fraction of sp³-hybridized carbons (Fsp3) is 0.375. The third-order valence-corrected chi connectivity index (χ3v) is 4.55. The van der Waals surface area contributed by atoms with E-state index in [1.807, 2.05) is 0 Å². The van der Waals surface area contributed by atoms with E-state index in [0.717, 1.165) is 10.0 Å². The number of ether oxygens (including phenoxy) is 3. The Balaban J connectivity index is 2.51. The molecular weight excluding hydrogens is 396 g/mol. The zero-order chi connectivity index (χ0) is 17.9. The van der Waals surface area contributed by atoms with Crippen molar-refractivity contribution in [3.8, 4) is 11.5 Å².